The molecule has 13 heavy (non-hydrogen) atoms. The van der Waals surface area contributed by atoms with Gasteiger partial charge < -0.3 is 0 Å². The first-order valence-electron chi connectivity index (χ1n) is 5.36. The monoisotopic (exact) mass is 214 g/mol. The van der Waals surface area contributed by atoms with Gasteiger partial charge in [-0.25, -0.2) is 0 Å². The molecule has 2 heteroatoms. The van der Waals surface area contributed by atoms with E-state index in [1.54, 1.807) is 9.81 Å². The predicted octanol–water partition coefficient (Wildman–Crippen LogP) is 4.28. The van der Waals surface area contributed by atoms with Gasteiger partial charge in [0.05, 0.1) is 0 Å². The fourth-order valence-corrected chi connectivity index (χ4v) is 5.05. The van der Waals surface area contributed by atoms with Crippen LogP contribution in [0, 0.1) is 5.92 Å². The van der Waals surface area contributed by atoms with E-state index in [1.165, 1.54) is 43.6 Å². The average Bonchev–Trinajstić information content (AvgIpc) is 2.20. The molecule has 2 fully saturated rings. The van der Waals surface area contributed by atoms with Gasteiger partial charge in [0.15, 0.2) is 0 Å². The third-order valence-electron chi connectivity index (χ3n) is 2.95. The molecule has 2 aliphatic rings. The highest BCUT2D eigenvalue weighted by atomic mass is 32.2. The molecule has 1 saturated carbocycles. The minimum atomic E-state index is 0.877. The van der Waals surface area contributed by atoms with Crippen molar-refractivity contribution in [1.82, 2.24) is 0 Å². The van der Waals surface area contributed by atoms with Gasteiger partial charge in [0.25, 0.3) is 0 Å². The van der Waals surface area contributed by atoms with Gasteiger partial charge in [0, 0.05) is 4.24 Å². The number of hydrogen-bond acceptors (Lipinski definition) is 2. The van der Waals surface area contributed by atoms with Crippen LogP contribution in [0.2, 0.25) is 0 Å². The normalized spacial score (nSPS) is 30.7. The van der Waals surface area contributed by atoms with E-state index < -0.39 is 0 Å². The Hall–Kier alpha value is 0.440. The van der Waals surface area contributed by atoms with Crippen molar-refractivity contribution >= 4 is 23.5 Å². The summed E-state index contributed by atoms with van der Waals surface area (Å²) in [6.07, 6.45) is 7.11. The highest BCUT2D eigenvalue weighted by Crippen LogP contribution is 2.43. The topological polar surface area (TPSA) is 0 Å². The average molecular weight is 214 g/mol. The SMILES string of the molecule is CC1CCCCC1=C1SCCCS1. The second-order valence-electron chi connectivity index (χ2n) is 4.01. The molecule has 1 aliphatic heterocycles. The largest absolute Gasteiger partial charge is 0.119 e. The van der Waals surface area contributed by atoms with Crippen LogP contribution in [-0.4, -0.2) is 11.5 Å². The van der Waals surface area contributed by atoms with Crippen molar-refractivity contribution in [2.24, 2.45) is 5.92 Å². The van der Waals surface area contributed by atoms with E-state index in [1.807, 2.05) is 0 Å². The molecule has 0 radical (unpaired) electrons. The summed E-state index contributed by atoms with van der Waals surface area (Å²) in [7, 11) is 0. The third-order valence-corrected chi connectivity index (χ3v) is 5.69. The Morgan fingerprint density at radius 2 is 1.85 bits per heavy atom. The maximum atomic E-state index is 2.41. The Bertz CT molecular complexity index is 200. The van der Waals surface area contributed by atoms with Gasteiger partial charge in [-0.1, -0.05) is 13.3 Å². The Labute approximate surface area is 89.9 Å². The molecule has 0 nitrogen and oxygen atoms in total. The zero-order valence-corrected chi connectivity index (χ0v) is 9.98. The summed E-state index contributed by atoms with van der Waals surface area (Å²) in [4.78, 5) is 0. The van der Waals surface area contributed by atoms with Crippen LogP contribution in [0.25, 0.3) is 0 Å². The minimum absolute atomic E-state index is 0.877. The highest BCUT2D eigenvalue weighted by Gasteiger charge is 2.20. The molecule has 2 rings (SSSR count). The Balaban J connectivity index is 2.09. The summed E-state index contributed by atoms with van der Waals surface area (Å²) in [6.45, 7) is 2.41. The van der Waals surface area contributed by atoms with Crippen molar-refractivity contribution in [2.75, 3.05) is 11.5 Å². The fourth-order valence-electron chi connectivity index (χ4n) is 2.11. The molecule has 0 aromatic rings. The Morgan fingerprint density at radius 3 is 2.54 bits per heavy atom. The first-order chi connectivity index (χ1) is 6.38. The van der Waals surface area contributed by atoms with E-state index in [0.29, 0.717) is 0 Å². The van der Waals surface area contributed by atoms with Crippen molar-refractivity contribution in [2.45, 2.75) is 39.0 Å². The van der Waals surface area contributed by atoms with Crippen molar-refractivity contribution < 1.29 is 0 Å². The molecule has 1 unspecified atom stereocenters. The third kappa shape index (κ3) is 2.47. The van der Waals surface area contributed by atoms with Gasteiger partial charge in [0.2, 0.25) is 0 Å². The van der Waals surface area contributed by atoms with Crippen LogP contribution in [0.5, 0.6) is 0 Å². The predicted molar refractivity (Wildman–Crippen MR) is 64.2 cm³/mol. The smallest absolute Gasteiger partial charge is 0.0395 e. The summed E-state index contributed by atoms with van der Waals surface area (Å²) in [5.74, 6) is 3.60. The van der Waals surface area contributed by atoms with E-state index in [0.717, 1.165) is 5.92 Å². The zero-order chi connectivity index (χ0) is 9.10. The molecule has 1 saturated heterocycles. The van der Waals surface area contributed by atoms with Crippen molar-refractivity contribution in [3.05, 3.63) is 9.81 Å². The number of allylic oxidation sites excluding steroid dienone is 1. The molecular weight excluding hydrogens is 196 g/mol. The zero-order valence-electron chi connectivity index (χ0n) is 8.34. The number of thioether (sulfide) groups is 2. The molecule has 0 spiro atoms. The van der Waals surface area contributed by atoms with Crippen LogP contribution in [0.3, 0.4) is 0 Å². The highest BCUT2D eigenvalue weighted by molar-refractivity contribution is 8.22. The van der Waals surface area contributed by atoms with Crippen molar-refractivity contribution in [1.29, 1.82) is 0 Å². The summed E-state index contributed by atoms with van der Waals surface area (Å²) < 4.78 is 1.69. The van der Waals surface area contributed by atoms with Crippen LogP contribution in [0.1, 0.15) is 39.0 Å². The van der Waals surface area contributed by atoms with E-state index in [9.17, 15) is 0 Å². The minimum Gasteiger partial charge on any atom is -0.119 e. The van der Waals surface area contributed by atoms with Gasteiger partial charge >= 0.3 is 0 Å². The summed E-state index contributed by atoms with van der Waals surface area (Å²) in [6, 6.07) is 0. The van der Waals surface area contributed by atoms with Crippen molar-refractivity contribution in [3.63, 3.8) is 0 Å². The van der Waals surface area contributed by atoms with E-state index in [2.05, 4.69) is 30.4 Å². The van der Waals surface area contributed by atoms with Gasteiger partial charge in [-0.15, -0.1) is 23.5 Å². The number of hydrogen-bond donors (Lipinski definition) is 0. The van der Waals surface area contributed by atoms with Crippen LogP contribution in [-0.2, 0) is 0 Å². The molecule has 0 N–H and O–H groups in total. The lowest BCUT2D eigenvalue weighted by Gasteiger charge is -2.26. The molecular formula is C11H18S2. The Morgan fingerprint density at radius 1 is 1.08 bits per heavy atom. The summed E-state index contributed by atoms with van der Waals surface area (Å²) in [5.41, 5.74) is 1.79. The quantitative estimate of drug-likeness (QED) is 0.590. The lowest BCUT2D eigenvalue weighted by Crippen LogP contribution is -2.08. The van der Waals surface area contributed by atoms with Crippen LogP contribution in [0.15, 0.2) is 9.81 Å². The fraction of sp³-hybridized carbons (Fsp3) is 0.818. The first-order valence-corrected chi connectivity index (χ1v) is 7.33. The van der Waals surface area contributed by atoms with E-state index in [-0.39, 0.29) is 0 Å². The van der Waals surface area contributed by atoms with E-state index >= 15 is 0 Å². The molecule has 1 heterocycles. The molecule has 0 bridgehead atoms. The Kier molecular flexibility index (Phi) is 3.67. The van der Waals surface area contributed by atoms with Gasteiger partial charge in [-0.3, -0.25) is 0 Å². The maximum Gasteiger partial charge on any atom is 0.0395 e. The van der Waals surface area contributed by atoms with Crippen LogP contribution in [0.4, 0.5) is 0 Å². The lowest BCUT2D eigenvalue weighted by atomic mass is 9.87. The van der Waals surface area contributed by atoms with Crippen molar-refractivity contribution in [3.8, 4) is 0 Å². The second-order valence-corrected chi connectivity index (χ2v) is 6.48. The van der Waals surface area contributed by atoms with Gasteiger partial charge in [-0.2, -0.15) is 0 Å². The first kappa shape index (κ1) is 9.97. The molecule has 0 aromatic carbocycles. The lowest BCUT2D eigenvalue weighted by molar-refractivity contribution is 0.484. The summed E-state index contributed by atoms with van der Waals surface area (Å²) >= 11 is 4.23. The second kappa shape index (κ2) is 4.79. The van der Waals surface area contributed by atoms with Crippen LogP contribution < -0.4 is 0 Å². The molecule has 0 amide bonds. The van der Waals surface area contributed by atoms with Gasteiger partial charge in [0.1, 0.15) is 0 Å². The molecule has 74 valence electrons. The number of rotatable bonds is 0. The van der Waals surface area contributed by atoms with Crippen LogP contribution >= 0.6 is 23.5 Å². The van der Waals surface area contributed by atoms with Gasteiger partial charge in [-0.05, 0) is 48.7 Å². The standard InChI is InChI=1S/C11H18S2/c1-9-5-2-3-6-10(9)11-12-7-4-8-13-11/h9H,2-8H2,1H3. The molecule has 1 aliphatic carbocycles. The molecule has 0 aromatic heterocycles. The van der Waals surface area contributed by atoms with E-state index in [4.69, 9.17) is 0 Å². The summed E-state index contributed by atoms with van der Waals surface area (Å²) in [5, 5.41) is 0. The molecule has 1 atom stereocenters. The maximum absolute atomic E-state index is 2.41.